The molecule has 6 heteroatoms. The number of aromatic nitrogens is 2. The molecule has 0 spiro atoms. The molecule has 1 fully saturated rings. The SMILES string of the molecule is Cc1cc(C(=O)N(C)C2CC2)nn1C(F)F. The van der Waals surface area contributed by atoms with Crippen molar-refractivity contribution in [3.63, 3.8) is 0 Å². The van der Waals surface area contributed by atoms with E-state index in [0.717, 1.165) is 12.8 Å². The molecule has 0 aliphatic heterocycles. The van der Waals surface area contributed by atoms with Crippen molar-refractivity contribution in [3.05, 3.63) is 17.5 Å². The molecule has 4 nitrogen and oxygen atoms in total. The molecule has 1 aromatic rings. The third kappa shape index (κ3) is 1.91. The third-order valence-corrected chi connectivity index (χ3v) is 2.74. The van der Waals surface area contributed by atoms with Crippen LogP contribution in [0.15, 0.2) is 6.07 Å². The molecule has 16 heavy (non-hydrogen) atoms. The summed E-state index contributed by atoms with van der Waals surface area (Å²) in [5.74, 6) is -0.287. The lowest BCUT2D eigenvalue weighted by atomic mass is 10.3. The average molecular weight is 229 g/mol. The number of alkyl halides is 2. The second kappa shape index (κ2) is 3.84. The van der Waals surface area contributed by atoms with Crippen molar-refractivity contribution >= 4 is 5.91 Å². The Bertz CT molecular complexity index is 412. The smallest absolute Gasteiger partial charge is 0.333 e. The van der Waals surface area contributed by atoms with E-state index in [0.29, 0.717) is 10.4 Å². The van der Waals surface area contributed by atoms with Gasteiger partial charge in [-0.1, -0.05) is 0 Å². The van der Waals surface area contributed by atoms with Gasteiger partial charge in [0.15, 0.2) is 5.69 Å². The molecule has 0 bridgehead atoms. The van der Waals surface area contributed by atoms with Gasteiger partial charge >= 0.3 is 6.55 Å². The second-order valence-electron chi connectivity index (χ2n) is 4.04. The van der Waals surface area contributed by atoms with Crippen LogP contribution in [0.5, 0.6) is 0 Å². The standard InChI is InChI=1S/C10H13F2N3O/c1-6-5-8(13-15(6)10(11)12)9(16)14(2)7-3-4-7/h5,7,10H,3-4H2,1-2H3. The summed E-state index contributed by atoms with van der Waals surface area (Å²) >= 11 is 0. The van der Waals surface area contributed by atoms with E-state index < -0.39 is 6.55 Å². The van der Waals surface area contributed by atoms with Crippen molar-refractivity contribution in [2.75, 3.05) is 7.05 Å². The summed E-state index contributed by atoms with van der Waals surface area (Å²) in [7, 11) is 1.68. The van der Waals surface area contributed by atoms with Crippen molar-refractivity contribution in [1.29, 1.82) is 0 Å². The highest BCUT2D eigenvalue weighted by molar-refractivity contribution is 5.92. The molecule has 88 valence electrons. The van der Waals surface area contributed by atoms with Gasteiger partial charge in [0.1, 0.15) is 0 Å². The van der Waals surface area contributed by atoms with Crippen molar-refractivity contribution in [2.45, 2.75) is 32.4 Å². The normalized spacial score (nSPS) is 15.6. The predicted octanol–water partition coefficient (Wildman–Crippen LogP) is 1.82. The molecule has 1 aromatic heterocycles. The van der Waals surface area contributed by atoms with Gasteiger partial charge in [0.25, 0.3) is 5.91 Å². The van der Waals surface area contributed by atoms with Gasteiger partial charge in [-0.2, -0.15) is 13.9 Å². The van der Waals surface area contributed by atoms with Crippen LogP contribution in [-0.2, 0) is 0 Å². The zero-order valence-electron chi connectivity index (χ0n) is 9.15. The highest BCUT2D eigenvalue weighted by atomic mass is 19.3. The minimum atomic E-state index is -2.70. The number of halogens is 2. The molecular weight excluding hydrogens is 216 g/mol. The fourth-order valence-corrected chi connectivity index (χ4v) is 1.60. The molecule has 2 rings (SSSR count). The Kier molecular flexibility index (Phi) is 2.65. The fourth-order valence-electron chi connectivity index (χ4n) is 1.60. The van der Waals surface area contributed by atoms with Crippen LogP contribution >= 0.6 is 0 Å². The molecular formula is C10H13F2N3O. The maximum absolute atomic E-state index is 12.5. The first-order valence-corrected chi connectivity index (χ1v) is 5.12. The Morgan fingerprint density at radius 1 is 1.62 bits per heavy atom. The quantitative estimate of drug-likeness (QED) is 0.793. The lowest BCUT2D eigenvalue weighted by Gasteiger charge is -2.13. The molecule has 0 saturated heterocycles. The van der Waals surface area contributed by atoms with Crippen molar-refractivity contribution in [1.82, 2.24) is 14.7 Å². The molecule has 1 saturated carbocycles. The van der Waals surface area contributed by atoms with Crippen LogP contribution in [0.3, 0.4) is 0 Å². The number of nitrogens with zero attached hydrogens (tertiary/aromatic N) is 3. The van der Waals surface area contributed by atoms with Crippen molar-refractivity contribution in [2.24, 2.45) is 0 Å². The Morgan fingerprint density at radius 3 is 2.69 bits per heavy atom. The highest BCUT2D eigenvalue weighted by Crippen LogP contribution is 2.26. The minimum Gasteiger partial charge on any atom is -0.337 e. The fraction of sp³-hybridized carbons (Fsp3) is 0.600. The first-order valence-electron chi connectivity index (χ1n) is 5.12. The van der Waals surface area contributed by atoms with E-state index in [1.807, 2.05) is 0 Å². The van der Waals surface area contributed by atoms with Crippen LogP contribution in [0.4, 0.5) is 8.78 Å². The Balaban J connectivity index is 2.20. The molecule has 1 aliphatic carbocycles. The first-order chi connectivity index (χ1) is 7.50. The highest BCUT2D eigenvalue weighted by Gasteiger charge is 2.31. The molecule has 0 unspecified atom stereocenters. The Labute approximate surface area is 91.8 Å². The van der Waals surface area contributed by atoms with E-state index in [9.17, 15) is 13.6 Å². The van der Waals surface area contributed by atoms with Crippen LogP contribution in [0.25, 0.3) is 0 Å². The molecule has 1 amide bonds. The van der Waals surface area contributed by atoms with Gasteiger partial charge in [0, 0.05) is 18.8 Å². The van der Waals surface area contributed by atoms with E-state index in [1.165, 1.54) is 13.0 Å². The van der Waals surface area contributed by atoms with E-state index in [4.69, 9.17) is 0 Å². The monoisotopic (exact) mass is 229 g/mol. The number of carbonyl (C=O) groups is 1. The summed E-state index contributed by atoms with van der Waals surface area (Å²) < 4.78 is 25.5. The van der Waals surface area contributed by atoms with Crippen LogP contribution in [0.2, 0.25) is 0 Å². The van der Waals surface area contributed by atoms with Crippen LogP contribution in [0.1, 0.15) is 35.6 Å². The summed E-state index contributed by atoms with van der Waals surface area (Å²) in [6.07, 6.45) is 1.97. The molecule has 0 N–H and O–H groups in total. The molecule has 1 aliphatic rings. The summed E-state index contributed by atoms with van der Waals surface area (Å²) in [5, 5.41) is 3.62. The summed E-state index contributed by atoms with van der Waals surface area (Å²) in [6, 6.07) is 1.65. The van der Waals surface area contributed by atoms with Gasteiger partial charge in [0.2, 0.25) is 0 Å². The lowest BCUT2D eigenvalue weighted by Crippen LogP contribution is -2.29. The zero-order chi connectivity index (χ0) is 11.9. The van der Waals surface area contributed by atoms with Crippen LogP contribution in [-0.4, -0.2) is 33.7 Å². The predicted molar refractivity (Wildman–Crippen MR) is 53.3 cm³/mol. The first kappa shape index (κ1) is 11.0. The van der Waals surface area contributed by atoms with Gasteiger partial charge in [-0.25, -0.2) is 4.68 Å². The summed E-state index contributed by atoms with van der Waals surface area (Å²) in [4.78, 5) is 13.4. The largest absolute Gasteiger partial charge is 0.337 e. The van der Waals surface area contributed by atoms with E-state index >= 15 is 0 Å². The van der Waals surface area contributed by atoms with Crippen LogP contribution in [0, 0.1) is 6.92 Å². The van der Waals surface area contributed by atoms with Crippen molar-refractivity contribution in [3.8, 4) is 0 Å². The number of hydrogen-bond acceptors (Lipinski definition) is 2. The second-order valence-corrected chi connectivity index (χ2v) is 4.04. The Hall–Kier alpha value is -1.46. The third-order valence-electron chi connectivity index (χ3n) is 2.74. The minimum absolute atomic E-state index is 0.0900. The zero-order valence-corrected chi connectivity index (χ0v) is 9.15. The number of carbonyl (C=O) groups excluding carboxylic acids is 1. The summed E-state index contributed by atoms with van der Waals surface area (Å²) in [5.41, 5.74) is 0.384. The van der Waals surface area contributed by atoms with Gasteiger partial charge < -0.3 is 4.90 Å². The molecule has 0 aromatic carbocycles. The van der Waals surface area contributed by atoms with Crippen molar-refractivity contribution < 1.29 is 13.6 Å². The van der Waals surface area contributed by atoms with Gasteiger partial charge in [0.05, 0.1) is 0 Å². The topological polar surface area (TPSA) is 38.1 Å². The lowest BCUT2D eigenvalue weighted by molar-refractivity contribution is 0.0533. The van der Waals surface area contributed by atoms with Gasteiger partial charge in [-0.15, -0.1) is 0 Å². The van der Waals surface area contributed by atoms with E-state index in [2.05, 4.69) is 5.10 Å². The van der Waals surface area contributed by atoms with Crippen LogP contribution < -0.4 is 0 Å². The number of rotatable bonds is 3. The number of aryl methyl sites for hydroxylation is 1. The summed E-state index contributed by atoms with van der Waals surface area (Å²) in [6.45, 7) is -1.19. The number of amides is 1. The average Bonchev–Trinajstić information content (AvgIpc) is 2.99. The maximum Gasteiger partial charge on any atom is 0.333 e. The maximum atomic E-state index is 12.5. The van der Waals surface area contributed by atoms with E-state index in [1.54, 1.807) is 11.9 Å². The Morgan fingerprint density at radius 2 is 2.25 bits per heavy atom. The molecule has 1 heterocycles. The number of hydrogen-bond donors (Lipinski definition) is 0. The van der Waals surface area contributed by atoms with Gasteiger partial charge in [-0.3, -0.25) is 4.79 Å². The molecule has 0 atom stereocenters. The van der Waals surface area contributed by atoms with Gasteiger partial charge in [-0.05, 0) is 25.8 Å². The molecule has 0 radical (unpaired) electrons. The van der Waals surface area contributed by atoms with E-state index in [-0.39, 0.29) is 17.6 Å².